The van der Waals surface area contributed by atoms with Gasteiger partial charge in [-0.1, -0.05) is 24.6 Å². The third-order valence-electron chi connectivity index (χ3n) is 3.04. The smallest absolute Gasteiger partial charge is 0.0647 e. The van der Waals surface area contributed by atoms with Crippen LogP contribution < -0.4 is 5.32 Å². The van der Waals surface area contributed by atoms with Gasteiger partial charge in [-0.3, -0.25) is 0 Å². The van der Waals surface area contributed by atoms with E-state index in [0.717, 1.165) is 19.4 Å². The molecule has 2 N–H and O–H groups in total. The molecule has 0 aromatic rings. The minimum absolute atomic E-state index is 0.203. The first-order valence-electron chi connectivity index (χ1n) is 5.88. The van der Waals surface area contributed by atoms with E-state index in [1.165, 1.54) is 11.1 Å². The average Bonchev–Trinajstić information content (AvgIpc) is 2.21. The van der Waals surface area contributed by atoms with E-state index in [0.29, 0.717) is 12.0 Å². The lowest BCUT2D eigenvalue weighted by molar-refractivity contribution is 0.303. The van der Waals surface area contributed by atoms with E-state index in [1.54, 1.807) is 0 Å². The van der Waals surface area contributed by atoms with Gasteiger partial charge in [0.05, 0.1) is 6.61 Å². The van der Waals surface area contributed by atoms with Crippen molar-refractivity contribution in [3.05, 3.63) is 23.3 Å². The summed E-state index contributed by atoms with van der Waals surface area (Å²) in [6.07, 6.45) is 6.59. The molecule has 15 heavy (non-hydrogen) atoms. The van der Waals surface area contributed by atoms with Gasteiger partial charge in [-0.05, 0) is 44.7 Å². The van der Waals surface area contributed by atoms with Crippen molar-refractivity contribution in [2.45, 2.75) is 39.7 Å². The molecule has 0 spiro atoms. The average molecular weight is 209 g/mol. The monoisotopic (exact) mass is 209 g/mol. The molecule has 0 amide bonds. The highest BCUT2D eigenvalue weighted by atomic mass is 16.3. The first-order valence-corrected chi connectivity index (χ1v) is 5.88. The highest BCUT2D eigenvalue weighted by molar-refractivity contribution is 5.28. The molecular weight excluding hydrogens is 186 g/mol. The van der Waals surface area contributed by atoms with Crippen LogP contribution in [0.15, 0.2) is 23.3 Å². The van der Waals surface area contributed by atoms with Gasteiger partial charge in [-0.15, -0.1) is 0 Å². The summed E-state index contributed by atoms with van der Waals surface area (Å²) in [5.74, 6) is 0.521. The van der Waals surface area contributed by atoms with Crippen LogP contribution in [0.4, 0.5) is 0 Å². The molecule has 2 atom stereocenters. The van der Waals surface area contributed by atoms with Gasteiger partial charge in [-0.25, -0.2) is 0 Å². The third-order valence-corrected chi connectivity index (χ3v) is 3.04. The Hall–Kier alpha value is -0.600. The molecule has 0 aromatic carbocycles. The minimum atomic E-state index is 0.203. The van der Waals surface area contributed by atoms with Gasteiger partial charge in [0, 0.05) is 6.04 Å². The summed E-state index contributed by atoms with van der Waals surface area (Å²) in [6, 6.07) is 0.529. The van der Waals surface area contributed by atoms with Gasteiger partial charge < -0.3 is 10.4 Å². The Labute approximate surface area is 93.1 Å². The largest absolute Gasteiger partial charge is 0.392 e. The molecule has 0 saturated heterocycles. The number of aliphatic hydroxyl groups is 1. The predicted octanol–water partition coefficient (Wildman–Crippen LogP) is 2.26. The number of aliphatic hydroxyl groups excluding tert-OH is 1. The van der Waals surface area contributed by atoms with E-state index < -0.39 is 0 Å². The molecule has 2 heteroatoms. The normalized spacial score (nSPS) is 23.3. The zero-order valence-corrected chi connectivity index (χ0v) is 10.1. The van der Waals surface area contributed by atoms with E-state index in [9.17, 15) is 5.11 Å². The van der Waals surface area contributed by atoms with Crippen molar-refractivity contribution in [2.75, 3.05) is 13.2 Å². The van der Waals surface area contributed by atoms with E-state index in [4.69, 9.17) is 0 Å². The zero-order chi connectivity index (χ0) is 11.3. The van der Waals surface area contributed by atoms with Crippen molar-refractivity contribution in [3.63, 3.8) is 0 Å². The summed E-state index contributed by atoms with van der Waals surface area (Å²) >= 11 is 0. The molecule has 0 heterocycles. The molecule has 0 bridgehead atoms. The summed E-state index contributed by atoms with van der Waals surface area (Å²) < 4.78 is 0. The van der Waals surface area contributed by atoms with Crippen LogP contribution in [0.25, 0.3) is 0 Å². The first-order chi connectivity index (χ1) is 7.17. The van der Waals surface area contributed by atoms with Crippen LogP contribution in [0.3, 0.4) is 0 Å². The SMILES string of the molecule is CCNC(C)CC1CC=C(C)C=C1CO. The molecule has 86 valence electrons. The quantitative estimate of drug-likeness (QED) is 0.728. The molecule has 0 radical (unpaired) electrons. The van der Waals surface area contributed by atoms with Crippen molar-refractivity contribution >= 4 is 0 Å². The van der Waals surface area contributed by atoms with Crippen LogP contribution in [0.1, 0.15) is 33.6 Å². The topological polar surface area (TPSA) is 32.3 Å². The van der Waals surface area contributed by atoms with Crippen molar-refractivity contribution < 1.29 is 5.11 Å². The predicted molar refractivity (Wildman–Crippen MR) is 64.8 cm³/mol. The van der Waals surface area contributed by atoms with Gasteiger partial charge in [-0.2, -0.15) is 0 Å². The summed E-state index contributed by atoms with van der Waals surface area (Å²) in [5, 5.41) is 12.7. The lowest BCUT2D eigenvalue weighted by Crippen LogP contribution is -2.29. The molecule has 1 aliphatic carbocycles. The number of rotatable bonds is 5. The van der Waals surface area contributed by atoms with Gasteiger partial charge in [0.25, 0.3) is 0 Å². The van der Waals surface area contributed by atoms with Crippen LogP contribution in [-0.4, -0.2) is 24.3 Å². The number of hydrogen-bond donors (Lipinski definition) is 2. The Morgan fingerprint density at radius 1 is 1.60 bits per heavy atom. The van der Waals surface area contributed by atoms with Crippen LogP contribution >= 0.6 is 0 Å². The van der Waals surface area contributed by atoms with E-state index in [2.05, 4.69) is 38.2 Å². The molecule has 1 aliphatic rings. The summed E-state index contributed by atoms with van der Waals surface area (Å²) in [5.41, 5.74) is 2.48. The highest BCUT2D eigenvalue weighted by Gasteiger charge is 2.18. The molecule has 0 aromatic heterocycles. The lowest BCUT2D eigenvalue weighted by atomic mass is 9.85. The van der Waals surface area contributed by atoms with Crippen LogP contribution in [0.5, 0.6) is 0 Å². The summed E-state index contributed by atoms with van der Waals surface area (Å²) in [7, 11) is 0. The second-order valence-electron chi connectivity index (χ2n) is 4.45. The maximum absolute atomic E-state index is 9.31. The molecule has 0 aliphatic heterocycles. The molecule has 1 rings (SSSR count). The lowest BCUT2D eigenvalue weighted by Gasteiger charge is -2.25. The van der Waals surface area contributed by atoms with Gasteiger partial charge in [0.1, 0.15) is 0 Å². The highest BCUT2D eigenvalue weighted by Crippen LogP contribution is 2.27. The molecule has 0 fully saturated rings. The Bertz CT molecular complexity index is 255. The zero-order valence-electron chi connectivity index (χ0n) is 10.1. The molecule has 0 saturated carbocycles. The van der Waals surface area contributed by atoms with Crippen LogP contribution in [-0.2, 0) is 0 Å². The van der Waals surface area contributed by atoms with Gasteiger partial charge in [0.15, 0.2) is 0 Å². The van der Waals surface area contributed by atoms with Crippen LogP contribution in [0, 0.1) is 5.92 Å². The minimum Gasteiger partial charge on any atom is -0.392 e. The van der Waals surface area contributed by atoms with Crippen molar-refractivity contribution in [1.82, 2.24) is 5.32 Å². The second kappa shape index (κ2) is 6.09. The molecular formula is C13H23NO. The van der Waals surface area contributed by atoms with Crippen LogP contribution in [0.2, 0.25) is 0 Å². The first kappa shape index (κ1) is 12.5. The summed E-state index contributed by atoms with van der Waals surface area (Å²) in [4.78, 5) is 0. The maximum atomic E-state index is 9.31. The fourth-order valence-corrected chi connectivity index (χ4v) is 2.23. The summed E-state index contributed by atoms with van der Waals surface area (Å²) in [6.45, 7) is 7.66. The van der Waals surface area contributed by atoms with E-state index in [1.807, 2.05) is 0 Å². The van der Waals surface area contributed by atoms with E-state index in [-0.39, 0.29) is 6.61 Å². The maximum Gasteiger partial charge on any atom is 0.0647 e. The van der Waals surface area contributed by atoms with Crippen molar-refractivity contribution in [3.8, 4) is 0 Å². The standard InChI is InChI=1S/C13H23NO/c1-4-14-11(3)8-12-6-5-10(2)7-13(12)9-15/h5,7,11-12,14-15H,4,6,8-9H2,1-3H3. The third kappa shape index (κ3) is 3.80. The van der Waals surface area contributed by atoms with Crippen molar-refractivity contribution in [1.29, 1.82) is 0 Å². The Morgan fingerprint density at radius 2 is 2.33 bits per heavy atom. The number of hydrogen-bond acceptors (Lipinski definition) is 2. The number of nitrogens with one attached hydrogen (secondary N) is 1. The van der Waals surface area contributed by atoms with Gasteiger partial charge in [0.2, 0.25) is 0 Å². The van der Waals surface area contributed by atoms with Crippen molar-refractivity contribution in [2.24, 2.45) is 5.92 Å². The Balaban J connectivity index is 2.53. The fourth-order valence-electron chi connectivity index (χ4n) is 2.23. The molecule has 2 unspecified atom stereocenters. The fraction of sp³-hybridized carbons (Fsp3) is 0.692. The second-order valence-corrected chi connectivity index (χ2v) is 4.45. The van der Waals surface area contributed by atoms with E-state index >= 15 is 0 Å². The Morgan fingerprint density at radius 3 is 2.93 bits per heavy atom. The molecule has 2 nitrogen and oxygen atoms in total. The number of allylic oxidation sites excluding steroid dienone is 3. The Kier molecular flexibility index (Phi) is 5.06. The van der Waals surface area contributed by atoms with Gasteiger partial charge >= 0.3 is 0 Å².